The van der Waals surface area contributed by atoms with Gasteiger partial charge in [0, 0.05) is 0 Å². The van der Waals surface area contributed by atoms with Crippen LogP contribution in [0.3, 0.4) is 0 Å². The SMILES string of the molecule is BCc1c(B)cc(B)cc1C(=O)OC1CC2CC1CC2C(=O)OC(CS(=O)(=O)O)C(F)(F)F. The zero-order chi connectivity index (χ0) is 24.7. The van der Waals surface area contributed by atoms with Crippen molar-refractivity contribution in [3.8, 4) is 0 Å². The van der Waals surface area contributed by atoms with Crippen molar-refractivity contribution in [3.63, 3.8) is 0 Å². The molecule has 1 aromatic carbocycles. The van der Waals surface area contributed by atoms with Gasteiger partial charge in [0.15, 0.2) is 0 Å². The maximum atomic E-state index is 13.1. The van der Waals surface area contributed by atoms with Crippen LogP contribution in [0.2, 0.25) is 0 Å². The number of fused-ring (bicyclic) bond motifs is 2. The molecule has 0 spiro atoms. The zero-order valence-electron chi connectivity index (χ0n) is 18.5. The first kappa shape index (κ1) is 25.7. The van der Waals surface area contributed by atoms with E-state index < -0.39 is 52.1 Å². The Hall–Kier alpha value is -1.95. The number of carbonyl (C=O) groups excluding carboxylic acids is 2. The summed E-state index contributed by atoms with van der Waals surface area (Å²) in [5.41, 5.74) is 3.31. The normalized spacial score (nSPS) is 25.6. The van der Waals surface area contributed by atoms with E-state index in [-0.39, 0.29) is 18.3 Å². The van der Waals surface area contributed by atoms with Crippen molar-refractivity contribution in [3.05, 3.63) is 23.3 Å². The standard InChI is InChI=1S/C19H24B3F3O7S/c20-6-13-12(4-10(21)5-14(13)22)18(27)31-15-3-8-1-9(15)2-11(8)17(26)32-16(19(23,24)25)7-33(28,29)30/h4-5,8-9,11,15-16H,1-3,6-7,20-22H2,(H,28,29,30). The molecular formula is C19H24B3F3O7S. The van der Waals surface area contributed by atoms with Crippen molar-refractivity contribution in [2.45, 2.75) is 44.0 Å². The molecule has 2 saturated carbocycles. The lowest BCUT2D eigenvalue weighted by molar-refractivity contribution is -0.218. The molecule has 178 valence electrons. The van der Waals surface area contributed by atoms with Crippen LogP contribution >= 0.6 is 0 Å². The van der Waals surface area contributed by atoms with Gasteiger partial charge in [-0.2, -0.15) is 21.6 Å². The Kier molecular flexibility index (Phi) is 7.28. The monoisotopic (exact) mass is 486 g/mol. The van der Waals surface area contributed by atoms with Crippen LogP contribution in [0.15, 0.2) is 12.1 Å². The predicted octanol–water partition coefficient (Wildman–Crippen LogP) is -1.73. The molecule has 33 heavy (non-hydrogen) atoms. The second-order valence-electron chi connectivity index (χ2n) is 8.95. The van der Waals surface area contributed by atoms with Gasteiger partial charge in [0.1, 0.15) is 35.4 Å². The van der Waals surface area contributed by atoms with Gasteiger partial charge in [-0.3, -0.25) is 9.35 Å². The van der Waals surface area contributed by atoms with E-state index >= 15 is 0 Å². The lowest BCUT2D eigenvalue weighted by atomic mass is 9.77. The van der Waals surface area contributed by atoms with Crippen LogP contribution in [-0.4, -0.2) is 72.6 Å². The smallest absolute Gasteiger partial charge is 0.426 e. The Balaban J connectivity index is 1.64. The number of ether oxygens (including phenoxy) is 2. The molecule has 14 heteroatoms. The van der Waals surface area contributed by atoms with Crippen molar-refractivity contribution in [1.29, 1.82) is 0 Å². The van der Waals surface area contributed by atoms with E-state index in [1.54, 1.807) is 6.07 Å². The number of alkyl halides is 3. The lowest BCUT2D eigenvalue weighted by Crippen LogP contribution is -2.42. The lowest BCUT2D eigenvalue weighted by Gasteiger charge is -2.28. The van der Waals surface area contributed by atoms with Crippen molar-refractivity contribution in [1.82, 2.24) is 0 Å². The number of rotatable bonds is 7. The van der Waals surface area contributed by atoms with E-state index in [1.807, 2.05) is 29.6 Å². The second-order valence-corrected chi connectivity index (χ2v) is 10.5. The van der Waals surface area contributed by atoms with E-state index in [0.29, 0.717) is 24.7 Å². The Bertz CT molecular complexity index is 1050. The minimum Gasteiger partial charge on any atom is -0.458 e. The third-order valence-corrected chi connectivity index (χ3v) is 7.25. The molecule has 0 aliphatic heterocycles. The summed E-state index contributed by atoms with van der Waals surface area (Å²) < 4.78 is 79.9. The minimum absolute atomic E-state index is 0.186. The number of hydrogen-bond acceptors (Lipinski definition) is 6. The van der Waals surface area contributed by atoms with E-state index in [0.717, 1.165) is 16.5 Å². The summed E-state index contributed by atoms with van der Waals surface area (Å²) >= 11 is 0. The van der Waals surface area contributed by atoms with Crippen LogP contribution in [0.1, 0.15) is 35.2 Å². The van der Waals surface area contributed by atoms with Gasteiger partial charge in [0.25, 0.3) is 10.1 Å². The molecule has 3 rings (SSSR count). The highest BCUT2D eigenvalue weighted by molar-refractivity contribution is 7.85. The predicted molar refractivity (Wildman–Crippen MR) is 121 cm³/mol. The molecular weight excluding hydrogens is 462 g/mol. The molecule has 7 nitrogen and oxygen atoms in total. The number of benzene rings is 1. The van der Waals surface area contributed by atoms with Gasteiger partial charge >= 0.3 is 18.1 Å². The molecule has 5 atom stereocenters. The van der Waals surface area contributed by atoms with Gasteiger partial charge in [-0.1, -0.05) is 29.4 Å². The summed E-state index contributed by atoms with van der Waals surface area (Å²) in [4.78, 5) is 25.2. The summed E-state index contributed by atoms with van der Waals surface area (Å²) in [6.07, 6.45) is -6.86. The van der Waals surface area contributed by atoms with E-state index in [4.69, 9.17) is 9.29 Å². The number of carbonyl (C=O) groups is 2. The summed E-state index contributed by atoms with van der Waals surface area (Å²) in [5, 5.41) is 0. The Morgan fingerprint density at radius 2 is 1.82 bits per heavy atom. The van der Waals surface area contributed by atoms with E-state index in [2.05, 4.69) is 4.74 Å². The fourth-order valence-electron chi connectivity index (χ4n) is 5.12. The van der Waals surface area contributed by atoms with E-state index in [1.165, 1.54) is 0 Å². The molecule has 0 saturated heterocycles. The van der Waals surface area contributed by atoms with Crippen molar-refractivity contribution in [2.75, 3.05) is 5.75 Å². The molecule has 0 radical (unpaired) electrons. The molecule has 2 bridgehead atoms. The van der Waals surface area contributed by atoms with Gasteiger partial charge in [-0.25, -0.2) is 4.79 Å². The zero-order valence-corrected chi connectivity index (χ0v) is 19.3. The van der Waals surface area contributed by atoms with Crippen LogP contribution in [0.5, 0.6) is 0 Å². The van der Waals surface area contributed by atoms with Crippen molar-refractivity contribution < 1.29 is 45.2 Å². The third-order valence-electron chi connectivity index (χ3n) is 6.53. The third kappa shape index (κ3) is 5.95. The first-order valence-corrected chi connectivity index (χ1v) is 12.3. The highest BCUT2D eigenvalue weighted by Crippen LogP contribution is 2.50. The fourth-order valence-corrected chi connectivity index (χ4v) is 5.76. The van der Waals surface area contributed by atoms with Crippen LogP contribution in [0, 0.1) is 17.8 Å². The maximum absolute atomic E-state index is 13.1. The van der Waals surface area contributed by atoms with Gasteiger partial charge in [0.05, 0.1) is 11.5 Å². The molecule has 2 aliphatic carbocycles. The Labute approximate surface area is 192 Å². The summed E-state index contributed by atoms with van der Waals surface area (Å²) in [5.74, 6) is -4.73. The molecule has 0 aromatic heterocycles. The summed E-state index contributed by atoms with van der Waals surface area (Å²) in [6.45, 7) is 0. The van der Waals surface area contributed by atoms with Gasteiger partial charge in [0.2, 0.25) is 6.10 Å². The van der Waals surface area contributed by atoms with Gasteiger partial charge in [-0.15, -0.1) is 0 Å². The Morgan fingerprint density at radius 3 is 2.33 bits per heavy atom. The van der Waals surface area contributed by atoms with Gasteiger partial charge in [-0.05, 0) is 36.7 Å². The second kappa shape index (κ2) is 9.36. The summed E-state index contributed by atoms with van der Waals surface area (Å²) in [7, 11) is 0.747. The van der Waals surface area contributed by atoms with Crippen LogP contribution in [0.4, 0.5) is 13.2 Å². The molecule has 1 N–H and O–H groups in total. The highest BCUT2D eigenvalue weighted by atomic mass is 32.2. The first-order chi connectivity index (χ1) is 15.2. The summed E-state index contributed by atoms with van der Waals surface area (Å²) in [6, 6.07) is 3.76. The van der Waals surface area contributed by atoms with E-state index in [9.17, 15) is 31.2 Å². The Morgan fingerprint density at radius 1 is 1.15 bits per heavy atom. The molecule has 0 amide bonds. The number of halogens is 3. The average molecular weight is 486 g/mol. The number of esters is 2. The van der Waals surface area contributed by atoms with Crippen LogP contribution in [0.25, 0.3) is 0 Å². The van der Waals surface area contributed by atoms with Crippen molar-refractivity contribution >= 4 is 56.5 Å². The fraction of sp³-hybridized carbons (Fsp3) is 0.579. The first-order valence-electron chi connectivity index (χ1n) is 10.7. The van der Waals surface area contributed by atoms with Crippen LogP contribution < -0.4 is 10.9 Å². The molecule has 1 aromatic rings. The topological polar surface area (TPSA) is 107 Å². The molecule has 2 aliphatic rings. The van der Waals surface area contributed by atoms with Crippen molar-refractivity contribution in [2.24, 2.45) is 17.8 Å². The maximum Gasteiger partial charge on any atom is 0.426 e. The quantitative estimate of drug-likeness (QED) is 0.278. The number of hydrogen-bond donors (Lipinski definition) is 1. The molecule has 5 unspecified atom stereocenters. The largest absolute Gasteiger partial charge is 0.458 e. The average Bonchev–Trinajstić information content (AvgIpc) is 3.25. The molecule has 0 heterocycles. The van der Waals surface area contributed by atoms with Crippen LogP contribution in [-0.2, 0) is 30.7 Å². The minimum atomic E-state index is -5.13. The molecule has 2 fully saturated rings. The van der Waals surface area contributed by atoms with Gasteiger partial charge < -0.3 is 9.47 Å². The highest BCUT2D eigenvalue weighted by Gasteiger charge is 2.53.